The Bertz CT molecular complexity index is 935. The van der Waals surface area contributed by atoms with Crippen LogP contribution in [0.4, 0.5) is 10.5 Å². The van der Waals surface area contributed by atoms with Gasteiger partial charge < -0.3 is 9.84 Å². The number of hydrogen-bond donors (Lipinski definition) is 2. The maximum absolute atomic E-state index is 12.3. The van der Waals surface area contributed by atoms with E-state index in [-0.39, 0.29) is 12.5 Å². The van der Waals surface area contributed by atoms with Crippen LogP contribution in [-0.4, -0.2) is 17.8 Å². The molecule has 0 unspecified atom stereocenters. The Morgan fingerprint density at radius 3 is 2.26 bits per heavy atom. The van der Waals surface area contributed by atoms with E-state index >= 15 is 0 Å². The first-order valence-corrected chi connectivity index (χ1v) is 9.03. The van der Waals surface area contributed by atoms with Crippen molar-refractivity contribution in [1.29, 1.82) is 0 Å². The number of carbonyl (C=O) groups is 1. The van der Waals surface area contributed by atoms with Gasteiger partial charge in [0.25, 0.3) is 0 Å². The van der Waals surface area contributed by atoms with Crippen LogP contribution >= 0.6 is 0 Å². The number of benzene rings is 3. The topological polar surface area (TPSA) is 58.6 Å². The Kier molecular flexibility index (Phi) is 4.65. The quantitative estimate of drug-likeness (QED) is 0.681. The average molecular weight is 359 g/mol. The van der Waals surface area contributed by atoms with E-state index in [0.717, 1.165) is 5.56 Å². The molecule has 1 amide bonds. The van der Waals surface area contributed by atoms with Gasteiger partial charge in [0.2, 0.25) is 0 Å². The number of aliphatic hydroxyl groups excluding tert-OH is 1. The smallest absolute Gasteiger partial charge is 0.411 e. The second-order valence-electron chi connectivity index (χ2n) is 6.75. The normalized spacial score (nSPS) is 13.6. The molecule has 1 aliphatic carbocycles. The third-order valence-electron chi connectivity index (χ3n) is 4.96. The first-order valence-electron chi connectivity index (χ1n) is 9.03. The second-order valence-corrected chi connectivity index (χ2v) is 6.75. The largest absolute Gasteiger partial charge is 0.448 e. The van der Waals surface area contributed by atoms with Gasteiger partial charge in [-0.15, -0.1) is 0 Å². The fourth-order valence-electron chi connectivity index (χ4n) is 3.63. The number of hydrogen-bond acceptors (Lipinski definition) is 3. The zero-order chi connectivity index (χ0) is 18.8. The minimum Gasteiger partial charge on any atom is -0.448 e. The van der Waals surface area contributed by atoms with Gasteiger partial charge >= 0.3 is 6.09 Å². The van der Waals surface area contributed by atoms with Crippen LogP contribution < -0.4 is 5.32 Å². The van der Waals surface area contributed by atoms with Crippen molar-refractivity contribution in [3.05, 3.63) is 89.5 Å². The monoisotopic (exact) mass is 359 g/mol. The summed E-state index contributed by atoms with van der Waals surface area (Å²) in [7, 11) is 0. The molecule has 136 valence electrons. The van der Waals surface area contributed by atoms with Crippen molar-refractivity contribution in [2.24, 2.45) is 0 Å². The van der Waals surface area contributed by atoms with Crippen molar-refractivity contribution in [2.75, 3.05) is 11.9 Å². The van der Waals surface area contributed by atoms with Crippen LogP contribution in [0.3, 0.4) is 0 Å². The van der Waals surface area contributed by atoms with Crippen LogP contribution in [0, 0.1) is 0 Å². The molecule has 4 heteroatoms. The van der Waals surface area contributed by atoms with Crippen molar-refractivity contribution in [3.8, 4) is 11.1 Å². The zero-order valence-electron chi connectivity index (χ0n) is 15.1. The molecule has 0 saturated heterocycles. The number of amides is 1. The first kappa shape index (κ1) is 17.3. The summed E-state index contributed by atoms with van der Waals surface area (Å²) < 4.78 is 5.53. The fourth-order valence-corrected chi connectivity index (χ4v) is 3.63. The highest BCUT2D eigenvalue weighted by Gasteiger charge is 2.28. The lowest BCUT2D eigenvalue weighted by atomic mass is 9.98. The molecule has 1 aliphatic rings. The highest BCUT2D eigenvalue weighted by Crippen LogP contribution is 2.44. The minimum absolute atomic E-state index is 0.0342. The van der Waals surface area contributed by atoms with Gasteiger partial charge in [0.05, 0.1) is 6.10 Å². The standard InChI is InChI=1S/C23H21NO3/c1-15(25)16-7-6-8-17(13-16)24-23(26)27-14-22-20-11-4-2-9-18(20)19-10-3-5-12-21(19)22/h2-13,15,22,25H,14H2,1H3,(H,24,26)/t15-/m0/s1. The molecule has 0 saturated carbocycles. The highest BCUT2D eigenvalue weighted by molar-refractivity contribution is 5.85. The molecule has 2 N–H and O–H groups in total. The Morgan fingerprint density at radius 1 is 1.00 bits per heavy atom. The van der Waals surface area contributed by atoms with E-state index in [1.807, 2.05) is 30.3 Å². The van der Waals surface area contributed by atoms with Crippen molar-refractivity contribution >= 4 is 11.8 Å². The van der Waals surface area contributed by atoms with Crippen molar-refractivity contribution in [3.63, 3.8) is 0 Å². The third-order valence-corrected chi connectivity index (χ3v) is 4.96. The van der Waals surface area contributed by atoms with E-state index in [0.29, 0.717) is 5.69 Å². The summed E-state index contributed by atoms with van der Waals surface area (Å²) in [6.45, 7) is 1.96. The molecule has 0 aromatic heterocycles. The van der Waals surface area contributed by atoms with Crippen molar-refractivity contribution in [1.82, 2.24) is 0 Å². The average Bonchev–Trinajstić information content (AvgIpc) is 3.00. The summed E-state index contributed by atoms with van der Waals surface area (Å²) in [4.78, 5) is 12.3. The predicted molar refractivity (Wildman–Crippen MR) is 106 cm³/mol. The SMILES string of the molecule is C[C@H](O)c1cccc(NC(=O)OCC2c3ccccc3-c3ccccc32)c1. The Balaban J connectivity index is 1.47. The summed E-state index contributed by atoms with van der Waals surface area (Å²) in [5.41, 5.74) is 6.11. The molecular formula is C23H21NO3. The van der Waals surface area contributed by atoms with E-state index in [1.54, 1.807) is 25.1 Å². The summed E-state index contributed by atoms with van der Waals surface area (Å²) in [6.07, 6.45) is -1.09. The molecule has 0 radical (unpaired) electrons. The number of carbonyl (C=O) groups excluding carboxylic acids is 1. The van der Waals surface area contributed by atoms with E-state index in [1.165, 1.54) is 22.3 Å². The Labute approximate surface area is 158 Å². The van der Waals surface area contributed by atoms with Gasteiger partial charge in [-0.2, -0.15) is 0 Å². The maximum atomic E-state index is 12.3. The number of fused-ring (bicyclic) bond motifs is 3. The molecule has 0 aliphatic heterocycles. The van der Waals surface area contributed by atoms with E-state index in [9.17, 15) is 9.90 Å². The van der Waals surface area contributed by atoms with Crippen LogP contribution in [0.5, 0.6) is 0 Å². The van der Waals surface area contributed by atoms with E-state index < -0.39 is 12.2 Å². The molecule has 4 rings (SSSR count). The van der Waals surface area contributed by atoms with Gasteiger partial charge in [-0.05, 0) is 46.9 Å². The van der Waals surface area contributed by atoms with Crippen LogP contribution in [0.25, 0.3) is 11.1 Å². The number of nitrogens with one attached hydrogen (secondary N) is 1. The minimum atomic E-state index is -0.589. The summed E-state index contributed by atoms with van der Waals surface area (Å²) in [5, 5.41) is 12.4. The molecular weight excluding hydrogens is 338 g/mol. The van der Waals surface area contributed by atoms with Crippen LogP contribution in [0.2, 0.25) is 0 Å². The lowest BCUT2D eigenvalue weighted by molar-refractivity contribution is 0.158. The second kappa shape index (κ2) is 7.25. The van der Waals surface area contributed by atoms with E-state index in [4.69, 9.17) is 4.74 Å². The molecule has 0 bridgehead atoms. The van der Waals surface area contributed by atoms with Gasteiger partial charge in [0, 0.05) is 11.6 Å². The van der Waals surface area contributed by atoms with Gasteiger partial charge in [-0.1, -0.05) is 60.7 Å². The molecule has 3 aromatic rings. The lowest BCUT2D eigenvalue weighted by Crippen LogP contribution is -2.18. The fraction of sp³-hybridized carbons (Fsp3) is 0.174. The first-order chi connectivity index (χ1) is 13.1. The molecule has 0 fully saturated rings. The number of ether oxygens (including phenoxy) is 1. The van der Waals surface area contributed by atoms with Crippen molar-refractivity contribution in [2.45, 2.75) is 18.9 Å². The molecule has 3 aromatic carbocycles. The Hall–Kier alpha value is -3.11. The molecule has 27 heavy (non-hydrogen) atoms. The third kappa shape index (κ3) is 3.44. The maximum Gasteiger partial charge on any atom is 0.411 e. The van der Waals surface area contributed by atoms with Gasteiger partial charge in [-0.25, -0.2) is 4.79 Å². The van der Waals surface area contributed by atoms with Crippen LogP contribution in [0.1, 0.15) is 35.6 Å². The van der Waals surface area contributed by atoms with Gasteiger partial charge in [0.1, 0.15) is 6.61 Å². The number of rotatable bonds is 4. The molecule has 4 nitrogen and oxygen atoms in total. The van der Waals surface area contributed by atoms with Crippen LogP contribution in [-0.2, 0) is 4.74 Å². The molecule has 0 spiro atoms. The van der Waals surface area contributed by atoms with Gasteiger partial charge in [0.15, 0.2) is 0 Å². The van der Waals surface area contributed by atoms with Crippen LogP contribution in [0.15, 0.2) is 72.8 Å². The predicted octanol–water partition coefficient (Wildman–Crippen LogP) is 5.10. The molecule has 1 atom stereocenters. The van der Waals surface area contributed by atoms with Crippen molar-refractivity contribution < 1.29 is 14.6 Å². The summed E-state index contributed by atoms with van der Waals surface area (Å²) in [6, 6.07) is 23.6. The number of aliphatic hydroxyl groups is 1. The van der Waals surface area contributed by atoms with Gasteiger partial charge in [-0.3, -0.25) is 5.32 Å². The zero-order valence-corrected chi connectivity index (χ0v) is 15.1. The molecule has 0 heterocycles. The van der Waals surface area contributed by atoms with E-state index in [2.05, 4.69) is 29.6 Å². The number of anilines is 1. The summed E-state index contributed by atoms with van der Waals surface area (Å²) >= 11 is 0. The lowest BCUT2D eigenvalue weighted by Gasteiger charge is -2.15. The summed E-state index contributed by atoms with van der Waals surface area (Å²) in [5.74, 6) is 0.0342. The Morgan fingerprint density at radius 2 is 1.63 bits per heavy atom. The highest BCUT2D eigenvalue weighted by atomic mass is 16.5.